The van der Waals surface area contributed by atoms with Crippen LogP contribution < -0.4 is 17.7 Å². The lowest BCUT2D eigenvalue weighted by atomic mass is 10.3. The number of likely N-dealkylation sites (N-methyl/N-ethyl adjacent to an activating group) is 1. The van der Waals surface area contributed by atoms with Crippen LogP contribution in [0.15, 0.2) is 12.2 Å². The van der Waals surface area contributed by atoms with Crippen molar-refractivity contribution in [1.29, 1.82) is 0 Å². The van der Waals surface area contributed by atoms with E-state index in [1.54, 1.807) is 6.92 Å². The van der Waals surface area contributed by atoms with Crippen LogP contribution in [0.2, 0.25) is 0 Å². The van der Waals surface area contributed by atoms with Gasteiger partial charge < -0.3 is 32.2 Å². The Hall–Kier alpha value is -0.330. The summed E-state index contributed by atoms with van der Waals surface area (Å²) < 4.78 is 0.758. The number of quaternary nitrogens is 1. The van der Waals surface area contributed by atoms with Crippen molar-refractivity contribution in [1.82, 2.24) is 10.2 Å². The second-order valence-corrected chi connectivity index (χ2v) is 6.78. The average Bonchev–Trinajstić information content (AvgIpc) is 2.32. The molecule has 0 radical (unpaired) electrons. The van der Waals surface area contributed by atoms with Gasteiger partial charge in [-0.2, -0.15) is 0 Å². The summed E-state index contributed by atoms with van der Waals surface area (Å²) in [6.07, 6.45) is 0.609. The number of nitrogens with zero attached hydrogens (tertiary/aromatic N) is 2. The van der Waals surface area contributed by atoms with E-state index in [1.807, 2.05) is 35.2 Å². The molecule has 0 saturated carbocycles. The standard InChI is InChI=1S/C9H18N2O.C6H15ClNO.ClH/c1-8(2)9(12)10-6-5-7-11(3)4;1-8(2,3)5-6(9)4-7;/h1,5-7H2,2-4H3,(H,10,12);6,9H,4-5H2,1-3H3;1H/q;+1;/p-1. The highest BCUT2D eigenvalue weighted by molar-refractivity contribution is 6.18. The molecule has 7 heteroatoms. The fourth-order valence-corrected chi connectivity index (χ4v) is 1.53. The summed E-state index contributed by atoms with van der Waals surface area (Å²) in [5, 5.41) is 11.8. The predicted octanol–water partition coefficient (Wildman–Crippen LogP) is -2.07. The molecule has 0 bridgehead atoms. The maximum Gasteiger partial charge on any atom is 0.246 e. The van der Waals surface area contributed by atoms with Gasteiger partial charge in [0.15, 0.2) is 0 Å². The van der Waals surface area contributed by atoms with E-state index in [1.165, 1.54) is 0 Å². The maximum atomic E-state index is 11.0. The summed E-state index contributed by atoms with van der Waals surface area (Å²) in [5.74, 6) is 0.281. The Balaban J connectivity index is -0.000000326. The highest BCUT2D eigenvalue weighted by Gasteiger charge is 2.13. The third-order valence-electron chi connectivity index (χ3n) is 2.39. The molecule has 0 aliphatic carbocycles. The molecule has 0 fully saturated rings. The molecule has 1 amide bonds. The van der Waals surface area contributed by atoms with Gasteiger partial charge in [-0.1, -0.05) is 6.58 Å². The molecule has 0 aromatic heterocycles. The normalized spacial score (nSPS) is 11.9. The van der Waals surface area contributed by atoms with E-state index >= 15 is 0 Å². The van der Waals surface area contributed by atoms with Crippen molar-refractivity contribution in [2.75, 3.05) is 60.8 Å². The van der Waals surface area contributed by atoms with Gasteiger partial charge in [0.2, 0.25) is 5.91 Å². The van der Waals surface area contributed by atoms with Crippen molar-refractivity contribution in [3.63, 3.8) is 0 Å². The molecule has 1 unspecified atom stereocenters. The minimum atomic E-state index is -0.369. The summed E-state index contributed by atoms with van der Waals surface area (Å²) in [5.41, 5.74) is 0.569. The zero-order valence-electron chi connectivity index (χ0n) is 14.8. The maximum absolute atomic E-state index is 11.0. The number of aliphatic hydroxyl groups excluding tert-OH is 1. The molecule has 0 aliphatic rings. The van der Waals surface area contributed by atoms with Crippen LogP contribution in [0.25, 0.3) is 0 Å². The molecule has 5 nitrogen and oxygen atoms in total. The fourth-order valence-electron chi connectivity index (χ4n) is 1.43. The summed E-state index contributed by atoms with van der Waals surface area (Å²) in [6.45, 7) is 7.69. The molecule has 0 rings (SSSR count). The fraction of sp³-hybridized carbons (Fsp3) is 0.800. The third-order valence-corrected chi connectivity index (χ3v) is 2.75. The highest BCUT2D eigenvalue weighted by Crippen LogP contribution is 1.95. The van der Waals surface area contributed by atoms with Crippen LogP contribution in [0.3, 0.4) is 0 Å². The van der Waals surface area contributed by atoms with E-state index in [-0.39, 0.29) is 24.4 Å². The van der Waals surface area contributed by atoms with E-state index in [2.05, 4.69) is 16.8 Å². The summed E-state index contributed by atoms with van der Waals surface area (Å²) in [6, 6.07) is 0. The van der Waals surface area contributed by atoms with Crippen molar-refractivity contribution < 1.29 is 26.8 Å². The Morgan fingerprint density at radius 3 is 2.14 bits per heavy atom. The Bertz CT molecular complexity index is 306. The van der Waals surface area contributed by atoms with Crippen molar-refractivity contribution in [2.24, 2.45) is 0 Å². The van der Waals surface area contributed by atoms with Gasteiger partial charge in [-0.3, -0.25) is 4.79 Å². The number of rotatable bonds is 8. The first kappa shape index (κ1) is 26.6. The van der Waals surface area contributed by atoms with Crippen LogP contribution in [0.1, 0.15) is 13.3 Å². The van der Waals surface area contributed by atoms with Crippen LogP contribution in [0, 0.1) is 0 Å². The topological polar surface area (TPSA) is 52.6 Å². The summed E-state index contributed by atoms with van der Waals surface area (Å²) >= 11 is 5.40. The molecular weight excluding hydrogens is 325 g/mol. The third kappa shape index (κ3) is 22.0. The molecule has 0 saturated heterocycles. The number of amides is 1. The number of nitrogens with one attached hydrogen (secondary N) is 1. The molecule has 0 aliphatic heterocycles. The number of alkyl halides is 1. The zero-order chi connectivity index (χ0) is 17.1. The van der Waals surface area contributed by atoms with E-state index in [0.29, 0.717) is 18.0 Å². The Morgan fingerprint density at radius 2 is 1.86 bits per heavy atom. The lowest BCUT2D eigenvalue weighted by Crippen LogP contribution is -3.00. The molecular formula is C15H33Cl2N3O2. The molecule has 0 aromatic carbocycles. The van der Waals surface area contributed by atoms with Crippen molar-refractivity contribution in [3.05, 3.63) is 12.2 Å². The van der Waals surface area contributed by atoms with E-state index in [9.17, 15) is 4.79 Å². The van der Waals surface area contributed by atoms with Crippen LogP contribution >= 0.6 is 11.6 Å². The first-order chi connectivity index (χ1) is 9.49. The Labute approximate surface area is 147 Å². The van der Waals surface area contributed by atoms with Gasteiger partial charge in [-0.05, 0) is 34.0 Å². The molecule has 1 atom stereocenters. The van der Waals surface area contributed by atoms with Crippen LogP contribution in [0.5, 0.6) is 0 Å². The number of carbonyl (C=O) groups excluding carboxylic acids is 1. The lowest BCUT2D eigenvalue weighted by Gasteiger charge is -2.25. The number of halogens is 2. The highest BCUT2D eigenvalue weighted by atomic mass is 35.5. The summed E-state index contributed by atoms with van der Waals surface area (Å²) in [4.78, 5) is 13.1. The minimum Gasteiger partial charge on any atom is -1.00 e. The predicted molar refractivity (Wildman–Crippen MR) is 90.6 cm³/mol. The molecule has 134 valence electrons. The van der Waals surface area contributed by atoms with Gasteiger partial charge in [0.25, 0.3) is 0 Å². The van der Waals surface area contributed by atoms with Gasteiger partial charge in [0.1, 0.15) is 12.6 Å². The van der Waals surface area contributed by atoms with Crippen molar-refractivity contribution >= 4 is 17.5 Å². The molecule has 0 spiro atoms. The van der Waals surface area contributed by atoms with Gasteiger partial charge in [-0.15, -0.1) is 11.6 Å². The second kappa shape index (κ2) is 14.3. The largest absolute Gasteiger partial charge is 1.00 e. The molecule has 0 heterocycles. The van der Waals surface area contributed by atoms with Gasteiger partial charge >= 0.3 is 0 Å². The summed E-state index contributed by atoms with van der Waals surface area (Å²) in [7, 11) is 10.1. The monoisotopic (exact) mass is 357 g/mol. The molecule has 22 heavy (non-hydrogen) atoms. The van der Waals surface area contributed by atoms with E-state index in [4.69, 9.17) is 16.7 Å². The average molecular weight is 358 g/mol. The van der Waals surface area contributed by atoms with Crippen LogP contribution in [-0.2, 0) is 4.79 Å². The van der Waals surface area contributed by atoms with Gasteiger partial charge in [-0.25, -0.2) is 0 Å². The lowest BCUT2D eigenvalue weighted by molar-refractivity contribution is -0.873. The molecule has 2 N–H and O–H groups in total. The van der Waals surface area contributed by atoms with E-state index in [0.717, 1.165) is 24.0 Å². The van der Waals surface area contributed by atoms with Crippen LogP contribution in [0.4, 0.5) is 0 Å². The smallest absolute Gasteiger partial charge is 0.246 e. The van der Waals surface area contributed by atoms with Gasteiger partial charge in [0, 0.05) is 12.1 Å². The number of aliphatic hydroxyl groups is 1. The van der Waals surface area contributed by atoms with Crippen LogP contribution in [-0.4, -0.2) is 87.3 Å². The first-order valence-corrected chi connectivity index (χ1v) is 7.66. The molecule has 0 aromatic rings. The Kier molecular flexibility index (Phi) is 17.2. The quantitative estimate of drug-likeness (QED) is 0.227. The zero-order valence-corrected chi connectivity index (χ0v) is 16.3. The number of hydrogen-bond acceptors (Lipinski definition) is 3. The van der Waals surface area contributed by atoms with Crippen molar-refractivity contribution in [2.45, 2.75) is 19.4 Å². The first-order valence-electron chi connectivity index (χ1n) is 7.12. The van der Waals surface area contributed by atoms with Gasteiger partial charge in [0.05, 0.1) is 27.0 Å². The SMILES string of the molecule is C=C(C)C(=O)NCCCN(C)C.C[N+](C)(C)CC(O)CCl.[Cl-]. The second-order valence-electron chi connectivity index (χ2n) is 6.47. The Morgan fingerprint density at radius 1 is 1.36 bits per heavy atom. The number of hydrogen-bond donors (Lipinski definition) is 2. The number of carbonyl (C=O) groups is 1. The van der Waals surface area contributed by atoms with Crippen molar-refractivity contribution in [3.8, 4) is 0 Å². The van der Waals surface area contributed by atoms with E-state index < -0.39 is 0 Å². The minimum absolute atomic E-state index is 0.